The van der Waals surface area contributed by atoms with Crippen molar-refractivity contribution in [3.63, 3.8) is 0 Å². The molecule has 2 saturated heterocycles. The molecule has 1 aromatic carbocycles. The topological polar surface area (TPSA) is 67.7 Å². The van der Waals surface area contributed by atoms with Crippen LogP contribution in [0.15, 0.2) is 24.3 Å². The van der Waals surface area contributed by atoms with Crippen LogP contribution in [0.1, 0.15) is 17.5 Å². The number of alkyl halides is 3. The molecule has 2 aliphatic heterocycles. The Balaban J connectivity index is 1.62. The second kappa shape index (κ2) is 7.21. The molecule has 3 heterocycles. The van der Waals surface area contributed by atoms with E-state index in [0.29, 0.717) is 43.9 Å². The number of aryl methyl sites for hydroxylation is 1. The molecule has 0 amide bonds. The SMILES string of the molecule is Cc1cc(C(F)(F)F)cc(O)c1-c1ccc(N2CCO[C@H]3CCOC[C@@H]32)nn1. The maximum absolute atomic E-state index is 12.9. The number of fused-ring (bicyclic) bond motifs is 1. The van der Waals surface area contributed by atoms with Crippen molar-refractivity contribution in [2.75, 3.05) is 31.3 Å². The number of nitrogens with zero attached hydrogens (tertiary/aromatic N) is 3. The molecule has 0 saturated carbocycles. The highest BCUT2D eigenvalue weighted by atomic mass is 19.4. The van der Waals surface area contributed by atoms with Crippen molar-refractivity contribution in [2.45, 2.75) is 31.7 Å². The van der Waals surface area contributed by atoms with Gasteiger partial charge in [0.1, 0.15) is 5.75 Å². The lowest BCUT2D eigenvalue weighted by Gasteiger charge is -2.43. The van der Waals surface area contributed by atoms with Crippen LogP contribution in [0.3, 0.4) is 0 Å². The van der Waals surface area contributed by atoms with Crippen LogP contribution >= 0.6 is 0 Å². The first-order valence-electron chi connectivity index (χ1n) is 9.05. The summed E-state index contributed by atoms with van der Waals surface area (Å²) in [5, 5.41) is 18.6. The quantitative estimate of drug-likeness (QED) is 0.843. The molecule has 0 aliphatic carbocycles. The van der Waals surface area contributed by atoms with Crippen LogP contribution in [0.4, 0.5) is 19.0 Å². The highest BCUT2D eigenvalue weighted by Gasteiger charge is 2.36. The van der Waals surface area contributed by atoms with Gasteiger partial charge in [0.15, 0.2) is 5.82 Å². The molecule has 0 unspecified atom stereocenters. The fourth-order valence-corrected chi connectivity index (χ4v) is 3.82. The normalized spacial score (nSPS) is 22.8. The summed E-state index contributed by atoms with van der Waals surface area (Å²) in [6, 6.07) is 5.19. The van der Waals surface area contributed by atoms with Gasteiger partial charge in [-0.3, -0.25) is 0 Å². The van der Waals surface area contributed by atoms with E-state index >= 15 is 0 Å². The molecule has 0 bridgehead atoms. The zero-order valence-electron chi connectivity index (χ0n) is 15.2. The minimum atomic E-state index is -4.52. The number of rotatable bonds is 2. The third-order valence-corrected chi connectivity index (χ3v) is 5.17. The standard InChI is InChI=1S/C19H20F3N3O3/c1-11-8-12(19(20,21)22)9-15(26)18(11)13-2-3-17(24-23-13)25-5-7-28-16-4-6-27-10-14(16)25/h2-3,8-9,14,16,26H,4-7,10H2,1H3/t14-,16-/m0/s1. The molecule has 2 aliphatic rings. The second-order valence-electron chi connectivity index (χ2n) is 7.00. The number of morpholine rings is 1. The fourth-order valence-electron chi connectivity index (χ4n) is 3.82. The van der Waals surface area contributed by atoms with Gasteiger partial charge in [0.05, 0.1) is 36.6 Å². The van der Waals surface area contributed by atoms with E-state index in [1.165, 1.54) is 6.92 Å². The predicted molar refractivity (Wildman–Crippen MR) is 95.2 cm³/mol. The van der Waals surface area contributed by atoms with Crippen molar-refractivity contribution in [2.24, 2.45) is 0 Å². The van der Waals surface area contributed by atoms with Crippen LogP contribution in [0, 0.1) is 6.92 Å². The summed E-state index contributed by atoms with van der Waals surface area (Å²) >= 11 is 0. The van der Waals surface area contributed by atoms with Gasteiger partial charge >= 0.3 is 6.18 Å². The average molecular weight is 395 g/mol. The molecule has 0 spiro atoms. The van der Waals surface area contributed by atoms with Crippen LogP contribution < -0.4 is 4.90 Å². The summed E-state index contributed by atoms with van der Waals surface area (Å²) in [4.78, 5) is 2.09. The van der Waals surface area contributed by atoms with Gasteiger partial charge in [0.25, 0.3) is 0 Å². The highest BCUT2D eigenvalue weighted by Crippen LogP contribution is 2.38. The molecule has 0 radical (unpaired) electrons. The van der Waals surface area contributed by atoms with Crippen molar-refractivity contribution in [3.05, 3.63) is 35.4 Å². The zero-order valence-corrected chi connectivity index (χ0v) is 15.2. The number of halogens is 3. The summed E-state index contributed by atoms with van der Waals surface area (Å²) in [6.07, 6.45) is -3.61. The molecule has 1 N–H and O–H groups in total. The molecule has 6 nitrogen and oxygen atoms in total. The third kappa shape index (κ3) is 3.51. The monoisotopic (exact) mass is 395 g/mol. The Morgan fingerprint density at radius 1 is 1.18 bits per heavy atom. The summed E-state index contributed by atoms with van der Waals surface area (Å²) in [5.74, 6) is 0.179. The fraction of sp³-hybridized carbons (Fsp3) is 0.474. The summed E-state index contributed by atoms with van der Waals surface area (Å²) in [5.41, 5.74) is -0.0564. The Hall–Kier alpha value is -2.39. The number of aromatic nitrogens is 2. The zero-order chi connectivity index (χ0) is 19.9. The van der Waals surface area contributed by atoms with Crippen molar-refractivity contribution in [3.8, 4) is 17.0 Å². The summed E-state index contributed by atoms with van der Waals surface area (Å²) < 4.78 is 50.1. The lowest BCUT2D eigenvalue weighted by atomic mass is 10.0. The van der Waals surface area contributed by atoms with Gasteiger partial charge in [-0.15, -0.1) is 10.2 Å². The molecule has 9 heteroatoms. The van der Waals surface area contributed by atoms with Crippen LogP contribution in [-0.4, -0.2) is 53.8 Å². The van der Waals surface area contributed by atoms with Gasteiger partial charge in [-0.25, -0.2) is 0 Å². The van der Waals surface area contributed by atoms with Gasteiger partial charge < -0.3 is 19.5 Å². The van der Waals surface area contributed by atoms with E-state index in [1.807, 2.05) is 0 Å². The molecular weight excluding hydrogens is 375 g/mol. The van der Waals surface area contributed by atoms with Gasteiger partial charge in [-0.05, 0) is 43.2 Å². The number of phenols is 1. The van der Waals surface area contributed by atoms with E-state index in [9.17, 15) is 18.3 Å². The lowest BCUT2D eigenvalue weighted by molar-refractivity contribution is -0.137. The van der Waals surface area contributed by atoms with Crippen LogP contribution in [-0.2, 0) is 15.7 Å². The van der Waals surface area contributed by atoms with E-state index in [-0.39, 0.29) is 23.3 Å². The molecule has 2 fully saturated rings. The average Bonchev–Trinajstić information content (AvgIpc) is 2.67. The van der Waals surface area contributed by atoms with Gasteiger partial charge in [0.2, 0.25) is 0 Å². The molecule has 2 atom stereocenters. The Bertz CT molecular complexity index is 833. The van der Waals surface area contributed by atoms with E-state index < -0.39 is 17.5 Å². The molecule has 150 valence electrons. The van der Waals surface area contributed by atoms with Crippen molar-refractivity contribution in [1.82, 2.24) is 10.2 Å². The number of aromatic hydroxyl groups is 1. The van der Waals surface area contributed by atoms with E-state index in [1.54, 1.807) is 12.1 Å². The molecule has 1 aromatic heterocycles. The Morgan fingerprint density at radius 3 is 2.68 bits per heavy atom. The number of phenolic OH excluding ortho intramolecular Hbond substituents is 1. The number of hydrogen-bond donors (Lipinski definition) is 1. The highest BCUT2D eigenvalue weighted by molar-refractivity contribution is 5.71. The molecule has 28 heavy (non-hydrogen) atoms. The Labute approximate surface area is 159 Å². The first-order chi connectivity index (χ1) is 13.3. The van der Waals surface area contributed by atoms with Crippen LogP contribution in [0.2, 0.25) is 0 Å². The number of ether oxygens (including phenoxy) is 2. The lowest BCUT2D eigenvalue weighted by Crippen LogP contribution is -2.56. The first-order valence-corrected chi connectivity index (χ1v) is 9.05. The minimum absolute atomic E-state index is 0.0591. The van der Waals surface area contributed by atoms with E-state index in [4.69, 9.17) is 9.47 Å². The van der Waals surface area contributed by atoms with Gasteiger partial charge in [0, 0.05) is 18.7 Å². The van der Waals surface area contributed by atoms with E-state index in [0.717, 1.165) is 12.5 Å². The van der Waals surface area contributed by atoms with Crippen molar-refractivity contribution < 1.29 is 27.8 Å². The smallest absolute Gasteiger partial charge is 0.416 e. The van der Waals surface area contributed by atoms with Crippen LogP contribution in [0.25, 0.3) is 11.3 Å². The third-order valence-electron chi connectivity index (χ3n) is 5.17. The number of anilines is 1. The minimum Gasteiger partial charge on any atom is -0.507 e. The number of benzene rings is 1. The first kappa shape index (κ1) is 18.9. The molecule has 2 aromatic rings. The maximum atomic E-state index is 12.9. The second-order valence-corrected chi connectivity index (χ2v) is 7.00. The summed E-state index contributed by atoms with van der Waals surface area (Å²) in [6.45, 7) is 3.97. The Kier molecular flexibility index (Phi) is 4.88. The van der Waals surface area contributed by atoms with Crippen LogP contribution in [0.5, 0.6) is 5.75 Å². The van der Waals surface area contributed by atoms with Crippen molar-refractivity contribution in [1.29, 1.82) is 0 Å². The van der Waals surface area contributed by atoms with Crippen molar-refractivity contribution >= 4 is 5.82 Å². The van der Waals surface area contributed by atoms with Gasteiger partial charge in [-0.2, -0.15) is 13.2 Å². The summed E-state index contributed by atoms with van der Waals surface area (Å²) in [7, 11) is 0. The predicted octanol–water partition coefficient (Wildman–Crippen LogP) is 3.17. The maximum Gasteiger partial charge on any atom is 0.416 e. The van der Waals surface area contributed by atoms with E-state index in [2.05, 4.69) is 15.1 Å². The molecular formula is C19H20F3N3O3. The largest absolute Gasteiger partial charge is 0.507 e. The number of hydrogen-bond acceptors (Lipinski definition) is 6. The van der Waals surface area contributed by atoms with Gasteiger partial charge in [-0.1, -0.05) is 0 Å². The molecule has 4 rings (SSSR count). The Morgan fingerprint density at radius 2 is 2.00 bits per heavy atom.